The van der Waals surface area contributed by atoms with Gasteiger partial charge < -0.3 is 5.32 Å². The van der Waals surface area contributed by atoms with Crippen LogP contribution in [0.5, 0.6) is 0 Å². The maximum Gasteiger partial charge on any atom is 0.261 e. The Hall–Kier alpha value is -2.95. The molecule has 0 bridgehead atoms. The summed E-state index contributed by atoms with van der Waals surface area (Å²) in [6, 6.07) is 12.5. The molecule has 0 radical (unpaired) electrons. The van der Waals surface area contributed by atoms with Crippen LogP contribution in [0.1, 0.15) is 31.8 Å². The highest BCUT2D eigenvalue weighted by atomic mass is 16.2. The summed E-state index contributed by atoms with van der Waals surface area (Å²) in [6.45, 7) is 1.97. The Bertz CT molecular complexity index is 827. The lowest BCUT2D eigenvalue weighted by molar-refractivity contribution is -0.115. The first-order valence-electron chi connectivity index (χ1n) is 7.27. The number of benzene rings is 2. The molecule has 0 fully saturated rings. The van der Waals surface area contributed by atoms with Crippen molar-refractivity contribution in [2.45, 2.75) is 13.3 Å². The number of nitrogens with zero attached hydrogens (tertiary/aromatic N) is 1. The average Bonchev–Trinajstić information content (AvgIpc) is 2.72. The molecule has 1 aliphatic rings. The van der Waals surface area contributed by atoms with E-state index in [2.05, 4.69) is 5.32 Å². The van der Waals surface area contributed by atoms with Crippen molar-refractivity contribution in [3.05, 3.63) is 64.7 Å². The van der Waals surface area contributed by atoms with E-state index in [0.29, 0.717) is 16.8 Å². The Morgan fingerprint density at radius 1 is 1.04 bits per heavy atom. The molecular weight excluding hydrogens is 292 g/mol. The van der Waals surface area contributed by atoms with E-state index in [1.54, 1.807) is 18.2 Å². The van der Waals surface area contributed by atoms with Gasteiger partial charge >= 0.3 is 0 Å². The second-order valence-corrected chi connectivity index (χ2v) is 5.64. The number of carbonyl (C=O) groups excluding carboxylic acids is 3. The number of hydrogen-bond acceptors (Lipinski definition) is 3. The van der Waals surface area contributed by atoms with Crippen LogP contribution in [0.25, 0.3) is 0 Å². The fraction of sp³-hybridized carbons (Fsp3) is 0.167. The maximum atomic E-state index is 12.1. The summed E-state index contributed by atoms with van der Waals surface area (Å²) in [4.78, 5) is 37.0. The monoisotopic (exact) mass is 308 g/mol. The number of hydrogen-bond donors (Lipinski definition) is 1. The molecule has 0 atom stereocenters. The molecule has 5 nitrogen and oxygen atoms in total. The van der Waals surface area contributed by atoms with Gasteiger partial charge in [-0.05, 0) is 30.7 Å². The second kappa shape index (κ2) is 5.68. The van der Waals surface area contributed by atoms with Gasteiger partial charge in [0.05, 0.1) is 17.5 Å². The molecule has 5 heteroatoms. The van der Waals surface area contributed by atoms with E-state index < -0.39 is 0 Å². The van der Waals surface area contributed by atoms with Crippen LogP contribution < -0.4 is 5.32 Å². The second-order valence-electron chi connectivity index (χ2n) is 5.64. The van der Waals surface area contributed by atoms with Crippen LogP contribution in [0.3, 0.4) is 0 Å². The first-order valence-corrected chi connectivity index (χ1v) is 7.27. The fourth-order valence-corrected chi connectivity index (χ4v) is 2.65. The molecule has 23 heavy (non-hydrogen) atoms. The number of imide groups is 1. The van der Waals surface area contributed by atoms with Crippen LogP contribution in [0, 0.1) is 6.92 Å². The summed E-state index contributed by atoms with van der Waals surface area (Å²) >= 11 is 0. The molecule has 0 unspecified atom stereocenters. The number of fused-ring (bicyclic) bond motifs is 1. The van der Waals surface area contributed by atoms with Gasteiger partial charge in [-0.2, -0.15) is 0 Å². The number of nitrogens with one attached hydrogen (secondary N) is 1. The summed E-state index contributed by atoms with van der Waals surface area (Å²) in [5.41, 5.74) is 3.23. The molecule has 1 aliphatic heterocycles. The topological polar surface area (TPSA) is 66.5 Å². The van der Waals surface area contributed by atoms with Crippen molar-refractivity contribution in [2.75, 3.05) is 12.4 Å². The van der Waals surface area contributed by atoms with E-state index in [-0.39, 0.29) is 24.1 Å². The normalized spacial score (nSPS) is 13.2. The minimum Gasteiger partial charge on any atom is -0.326 e. The van der Waals surface area contributed by atoms with E-state index in [4.69, 9.17) is 0 Å². The van der Waals surface area contributed by atoms with Crippen molar-refractivity contribution in [1.29, 1.82) is 0 Å². The number of amides is 3. The number of anilines is 1. The molecule has 0 spiro atoms. The Kier molecular flexibility index (Phi) is 3.70. The van der Waals surface area contributed by atoms with Gasteiger partial charge in [-0.1, -0.05) is 29.8 Å². The van der Waals surface area contributed by atoms with Crippen molar-refractivity contribution in [3.8, 4) is 0 Å². The maximum absolute atomic E-state index is 12.1. The van der Waals surface area contributed by atoms with Crippen molar-refractivity contribution in [2.24, 2.45) is 0 Å². The van der Waals surface area contributed by atoms with Crippen LogP contribution in [0.15, 0.2) is 42.5 Å². The highest BCUT2D eigenvalue weighted by molar-refractivity contribution is 6.21. The van der Waals surface area contributed by atoms with E-state index in [0.717, 1.165) is 16.0 Å². The summed E-state index contributed by atoms with van der Waals surface area (Å²) in [5, 5.41) is 2.77. The molecule has 0 aromatic heterocycles. The van der Waals surface area contributed by atoms with Crippen molar-refractivity contribution >= 4 is 23.4 Å². The Labute approximate surface area is 133 Å². The smallest absolute Gasteiger partial charge is 0.261 e. The van der Waals surface area contributed by atoms with Crippen molar-refractivity contribution < 1.29 is 14.4 Å². The van der Waals surface area contributed by atoms with Gasteiger partial charge in [-0.25, -0.2) is 0 Å². The third kappa shape index (κ3) is 2.85. The Morgan fingerprint density at radius 2 is 1.78 bits per heavy atom. The Morgan fingerprint density at radius 3 is 2.52 bits per heavy atom. The molecule has 2 aromatic rings. The van der Waals surface area contributed by atoms with Gasteiger partial charge in [0.1, 0.15) is 0 Å². The van der Waals surface area contributed by atoms with Crippen LogP contribution >= 0.6 is 0 Å². The minimum atomic E-state index is -0.347. The number of rotatable bonds is 3. The number of carbonyl (C=O) groups is 3. The van der Waals surface area contributed by atoms with Crippen molar-refractivity contribution in [3.63, 3.8) is 0 Å². The molecule has 3 amide bonds. The lowest BCUT2D eigenvalue weighted by Gasteiger charge is -2.07. The van der Waals surface area contributed by atoms with E-state index in [1.807, 2.05) is 31.2 Å². The van der Waals surface area contributed by atoms with E-state index >= 15 is 0 Å². The lowest BCUT2D eigenvalue weighted by atomic mass is 10.1. The SMILES string of the molecule is Cc1cccc(CC(=O)Nc2ccc3c(c2)C(=O)N(C)C3=O)c1. The largest absolute Gasteiger partial charge is 0.326 e. The molecule has 0 saturated carbocycles. The van der Waals surface area contributed by atoms with Crippen LogP contribution in [0.4, 0.5) is 5.69 Å². The predicted octanol–water partition coefficient (Wildman–Crippen LogP) is 2.40. The molecular formula is C18H16N2O3. The van der Waals surface area contributed by atoms with Gasteiger partial charge in [0.2, 0.25) is 5.91 Å². The van der Waals surface area contributed by atoms with Crippen molar-refractivity contribution in [1.82, 2.24) is 4.90 Å². The third-order valence-electron chi connectivity index (χ3n) is 3.82. The molecule has 1 heterocycles. The highest BCUT2D eigenvalue weighted by Gasteiger charge is 2.32. The fourth-order valence-electron chi connectivity index (χ4n) is 2.65. The van der Waals surface area contributed by atoms with Crippen LogP contribution in [0.2, 0.25) is 0 Å². The van der Waals surface area contributed by atoms with Gasteiger partial charge in [0.15, 0.2) is 0 Å². The average molecular weight is 308 g/mol. The zero-order valence-corrected chi connectivity index (χ0v) is 12.9. The number of aryl methyl sites for hydroxylation is 1. The van der Waals surface area contributed by atoms with Gasteiger partial charge in [0.25, 0.3) is 11.8 Å². The lowest BCUT2D eigenvalue weighted by Crippen LogP contribution is -2.24. The molecule has 3 rings (SSSR count). The molecule has 0 saturated heterocycles. The zero-order chi connectivity index (χ0) is 16.6. The highest BCUT2D eigenvalue weighted by Crippen LogP contribution is 2.24. The van der Waals surface area contributed by atoms with Gasteiger partial charge in [-0.15, -0.1) is 0 Å². The predicted molar refractivity (Wildman–Crippen MR) is 86.4 cm³/mol. The van der Waals surface area contributed by atoms with Gasteiger partial charge in [-0.3, -0.25) is 19.3 Å². The minimum absolute atomic E-state index is 0.166. The quantitative estimate of drug-likeness (QED) is 0.885. The standard InChI is InChI=1S/C18H16N2O3/c1-11-4-3-5-12(8-11)9-16(21)19-13-6-7-14-15(10-13)18(23)20(2)17(14)22/h3-8,10H,9H2,1-2H3,(H,19,21). The third-order valence-corrected chi connectivity index (χ3v) is 3.82. The first kappa shape index (κ1) is 15.0. The van der Waals surface area contributed by atoms with Gasteiger partial charge in [0, 0.05) is 12.7 Å². The van der Waals surface area contributed by atoms with E-state index in [9.17, 15) is 14.4 Å². The summed E-state index contributed by atoms with van der Waals surface area (Å²) < 4.78 is 0. The van der Waals surface area contributed by atoms with Crippen LogP contribution in [-0.4, -0.2) is 29.7 Å². The zero-order valence-electron chi connectivity index (χ0n) is 12.9. The summed E-state index contributed by atoms with van der Waals surface area (Å²) in [5.74, 6) is -0.830. The summed E-state index contributed by atoms with van der Waals surface area (Å²) in [7, 11) is 1.45. The molecule has 2 aromatic carbocycles. The summed E-state index contributed by atoms with van der Waals surface area (Å²) in [6.07, 6.45) is 0.256. The Balaban J connectivity index is 1.76. The molecule has 0 aliphatic carbocycles. The van der Waals surface area contributed by atoms with E-state index in [1.165, 1.54) is 7.05 Å². The molecule has 1 N–H and O–H groups in total. The molecule has 116 valence electrons. The van der Waals surface area contributed by atoms with Crippen LogP contribution in [-0.2, 0) is 11.2 Å². The first-order chi connectivity index (χ1) is 11.0.